The average Bonchev–Trinajstić information content (AvgIpc) is 2.44. The first-order valence-electron chi connectivity index (χ1n) is 7.58. The molecule has 0 fully saturated rings. The Balaban J connectivity index is 2.09. The van der Waals surface area contributed by atoms with E-state index < -0.39 is 7.12 Å². The maximum atomic E-state index is 9.86. The number of rotatable bonds is 10. The molecule has 0 saturated carbocycles. The molecule has 106 valence electrons. The predicted octanol–water partition coefficient (Wildman–Crippen LogP) is 3.39. The minimum absolute atomic E-state index is 0.630. The molecule has 1 atom stereocenters. The van der Waals surface area contributed by atoms with Gasteiger partial charge < -0.3 is 9.68 Å². The molecule has 3 heteroatoms. The summed E-state index contributed by atoms with van der Waals surface area (Å²) in [5, 5.41) is 9.86. The maximum Gasteiger partial charge on any atom is 0.491 e. The first kappa shape index (κ1) is 16.3. The molecule has 0 radical (unpaired) electrons. The first-order valence-corrected chi connectivity index (χ1v) is 7.58. The lowest BCUT2D eigenvalue weighted by Crippen LogP contribution is -2.33. The van der Waals surface area contributed by atoms with Crippen molar-refractivity contribution in [2.45, 2.75) is 52.4 Å². The Morgan fingerprint density at radius 3 is 2.53 bits per heavy atom. The van der Waals surface area contributed by atoms with Gasteiger partial charge in [0.2, 0.25) is 0 Å². The summed E-state index contributed by atoms with van der Waals surface area (Å²) in [7, 11) is -0.784. The highest BCUT2D eigenvalue weighted by molar-refractivity contribution is 6.59. The number of benzene rings is 1. The number of hydrogen-bond acceptors (Lipinski definition) is 2. The van der Waals surface area contributed by atoms with E-state index in [2.05, 4.69) is 13.8 Å². The third kappa shape index (κ3) is 7.39. The van der Waals surface area contributed by atoms with Gasteiger partial charge in [0.1, 0.15) is 0 Å². The fraction of sp³-hybridized carbons (Fsp3) is 0.625. The van der Waals surface area contributed by atoms with Gasteiger partial charge in [0.15, 0.2) is 0 Å². The van der Waals surface area contributed by atoms with Gasteiger partial charge in [0.25, 0.3) is 0 Å². The largest absolute Gasteiger partial charge is 0.491 e. The van der Waals surface area contributed by atoms with Crippen LogP contribution in [0, 0.1) is 5.92 Å². The van der Waals surface area contributed by atoms with Gasteiger partial charge in [0.05, 0.1) is 0 Å². The second kappa shape index (κ2) is 10.0. The van der Waals surface area contributed by atoms with Crippen molar-refractivity contribution >= 4 is 12.6 Å². The minimum atomic E-state index is -0.784. The zero-order valence-corrected chi connectivity index (χ0v) is 12.3. The molecule has 19 heavy (non-hydrogen) atoms. The molecular weight excluding hydrogens is 235 g/mol. The lowest BCUT2D eigenvalue weighted by atomic mass is 9.79. The molecule has 1 aromatic carbocycles. The standard InChI is InChI=1S/C16H27BO2/c1-3-4-5-7-10-15(2)13-14-19-17(18)16-11-8-6-9-12-16/h6,8-9,11-12,15,18H,3-5,7,10,13-14H2,1-2H3. The van der Waals surface area contributed by atoms with Crippen LogP contribution in [0.2, 0.25) is 0 Å². The predicted molar refractivity (Wildman–Crippen MR) is 82.5 cm³/mol. The summed E-state index contributed by atoms with van der Waals surface area (Å²) < 4.78 is 5.48. The molecule has 0 bridgehead atoms. The monoisotopic (exact) mass is 262 g/mol. The van der Waals surface area contributed by atoms with Crippen molar-refractivity contribution in [2.24, 2.45) is 5.92 Å². The van der Waals surface area contributed by atoms with Crippen LogP contribution in [-0.4, -0.2) is 18.7 Å². The molecule has 1 unspecified atom stereocenters. The topological polar surface area (TPSA) is 29.5 Å². The van der Waals surface area contributed by atoms with Crippen LogP contribution in [0.15, 0.2) is 30.3 Å². The molecule has 0 aliphatic rings. The fourth-order valence-corrected chi connectivity index (χ4v) is 2.16. The highest BCUT2D eigenvalue weighted by Gasteiger charge is 2.15. The lowest BCUT2D eigenvalue weighted by Gasteiger charge is -2.13. The molecule has 1 rings (SSSR count). The van der Waals surface area contributed by atoms with E-state index in [-0.39, 0.29) is 0 Å². The van der Waals surface area contributed by atoms with Crippen LogP contribution in [0.1, 0.15) is 52.4 Å². The van der Waals surface area contributed by atoms with Gasteiger partial charge in [0, 0.05) is 6.61 Å². The van der Waals surface area contributed by atoms with Crippen molar-refractivity contribution in [3.8, 4) is 0 Å². The van der Waals surface area contributed by atoms with E-state index in [4.69, 9.17) is 4.65 Å². The van der Waals surface area contributed by atoms with E-state index in [0.717, 1.165) is 11.9 Å². The van der Waals surface area contributed by atoms with Crippen molar-refractivity contribution in [1.82, 2.24) is 0 Å². The van der Waals surface area contributed by atoms with E-state index in [9.17, 15) is 5.02 Å². The molecule has 1 N–H and O–H groups in total. The third-order valence-corrected chi connectivity index (χ3v) is 3.52. The molecule has 1 aromatic rings. The molecule has 0 amide bonds. The van der Waals surface area contributed by atoms with Crippen LogP contribution in [0.3, 0.4) is 0 Å². The Kier molecular flexibility index (Phi) is 8.60. The summed E-state index contributed by atoms with van der Waals surface area (Å²) in [4.78, 5) is 0. The summed E-state index contributed by atoms with van der Waals surface area (Å²) >= 11 is 0. The van der Waals surface area contributed by atoms with E-state index in [1.54, 1.807) is 0 Å². The van der Waals surface area contributed by atoms with Crippen molar-refractivity contribution < 1.29 is 9.68 Å². The van der Waals surface area contributed by atoms with Crippen LogP contribution in [-0.2, 0) is 4.65 Å². The molecule has 0 aliphatic carbocycles. The van der Waals surface area contributed by atoms with Crippen molar-refractivity contribution in [3.05, 3.63) is 30.3 Å². The fourth-order valence-electron chi connectivity index (χ4n) is 2.16. The average molecular weight is 262 g/mol. The van der Waals surface area contributed by atoms with Gasteiger partial charge in [-0.15, -0.1) is 0 Å². The van der Waals surface area contributed by atoms with Crippen molar-refractivity contribution in [2.75, 3.05) is 6.61 Å². The van der Waals surface area contributed by atoms with Gasteiger partial charge in [-0.1, -0.05) is 76.3 Å². The van der Waals surface area contributed by atoms with Crippen molar-refractivity contribution in [1.29, 1.82) is 0 Å². The highest BCUT2D eigenvalue weighted by atomic mass is 16.5. The first-order chi connectivity index (χ1) is 9.24. The van der Waals surface area contributed by atoms with Crippen LogP contribution in [0.4, 0.5) is 0 Å². The Morgan fingerprint density at radius 2 is 1.84 bits per heavy atom. The van der Waals surface area contributed by atoms with Gasteiger partial charge >= 0.3 is 7.12 Å². The Bertz CT molecular complexity index is 316. The molecule has 0 aliphatic heterocycles. The lowest BCUT2D eigenvalue weighted by molar-refractivity contribution is 0.242. The Hall–Kier alpha value is -0.795. The van der Waals surface area contributed by atoms with Gasteiger partial charge in [-0.05, 0) is 17.8 Å². The molecule has 0 spiro atoms. The van der Waals surface area contributed by atoms with E-state index >= 15 is 0 Å². The van der Waals surface area contributed by atoms with Crippen molar-refractivity contribution in [3.63, 3.8) is 0 Å². The zero-order valence-electron chi connectivity index (χ0n) is 12.3. The van der Waals surface area contributed by atoms with E-state index in [1.165, 1.54) is 32.1 Å². The molecular formula is C16H27BO2. The van der Waals surface area contributed by atoms with E-state index in [0.29, 0.717) is 12.5 Å². The van der Waals surface area contributed by atoms with E-state index in [1.807, 2.05) is 30.3 Å². The second-order valence-corrected chi connectivity index (χ2v) is 5.38. The molecule has 2 nitrogen and oxygen atoms in total. The van der Waals surface area contributed by atoms with Crippen LogP contribution >= 0.6 is 0 Å². The summed E-state index contributed by atoms with van der Waals surface area (Å²) in [6, 6.07) is 9.54. The zero-order chi connectivity index (χ0) is 13.9. The maximum absolute atomic E-state index is 9.86. The minimum Gasteiger partial charge on any atom is -0.423 e. The van der Waals surface area contributed by atoms with Gasteiger partial charge in [-0.2, -0.15) is 0 Å². The molecule has 0 saturated heterocycles. The summed E-state index contributed by atoms with van der Waals surface area (Å²) in [5.74, 6) is 0.680. The van der Waals surface area contributed by atoms with Crippen LogP contribution in [0.25, 0.3) is 0 Å². The van der Waals surface area contributed by atoms with Crippen LogP contribution < -0.4 is 5.46 Å². The number of unbranched alkanes of at least 4 members (excludes halogenated alkanes) is 3. The molecule has 0 aromatic heterocycles. The quantitative estimate of drug-likeness (QED) is 0.517. The summed E-state index contributed by atoms with van der Waals surface area (Å²) in [6.45, 7) is 5.14. The smallest absolute Gasteiger partial charge is 0.423 e. The second-order valence-electron chi connectivity index (χ2n) is 5.38. The molecule has 0 heterocycles. The summed E-state index contributed by atoms with van der Waals surface area (Å²) in [5.41, 5.74) is 0.832. The Morgan fingerprint density at radius 1 is 1.11 bits per heavy atom. The van der Waals surface area contributed by atoms with Gasteiger partial charge in [-0.3, -0.25) is 0 Å². The Labute approximate surface area is 118 Å². The summed E-state index contributed by atoms with van der Waals surface area (Å²) in [6.07, 6.45) is 7.59. The van der Waals surface area contributed by atoms with Crippen LogP contribution in [0.5, 0.6) is 0 Å². The normalized spacial score (nSPS) is 12.4. The highest BCUT2D eigenvalue weighted by Crippen LogP contribution is 2.13. The SMILES string of the molecule is CCCCCCC(C)CCOB(O)c1ccccc1. The number of hydrogen-bond donors (Lipinski definition) is 1. The van der Waals surface area contributed by atoms with Gasteiger partial charge in [-0.25, -0.2) is 0 Å². The third-order valence-electron chi connectivity index (χ3n) is 3.52.